The van der Waals surface area contributed by atoms with Gasteiger partial charge in [0.15, 0.2) is 0 Å². The van der Waals surface area contributed by atoms with Gasteiger partial charge in [-0.25, -0.2) is 4.79 Å². The van der Waals surface area contributed by atoms with Gasteiger partial charge in [-0.05, 0) is 73.5 Å². The van der Waals surface area contributed by atoms with Crippen LogP contribution in [0.15, 0.2) is 67.0 Å². The zero-order chi connectivity index (χ0) is 16.2. The van der Waals surface area contributed by atoms with Crippen molar-refractivity contribution in [3.05, 3.63) is 78.1 Å². The lowest BCUT2D eigenvalue weighted by Gasteiger charge is -2.10. The SMILES string of the molecule is Cc1ccc(NC(=O)Nc2ccc(-n3cccc3)cc2)cc1C. The second kappa shape index (κ2) is 6.40. The van der Waals surface area contributed by atoms with Gasteiger partial charge in [-0.15, -0.1) is 0 Å². The summed E-state index contributed by atoms with van der Waals surface area (Å²) in [7, 11) is 0. The number of nitrogens with zero attached hydrogens (tertiary/aromatic N) is 1. The van der Waals surface area contributed by atoms with E-state index in [0.29, 0.717) is 0 Å². The van der Waals surface area contributed by atoms with E-state index in [2.05, 4.69) is 10.6 Å². The van der Waals surface area contributed by atoms with Gasteiger partial charge in [-0.1, -0.05) is 6.07 Å². The number of nitrogens with one attached hydrogen (secondary N) is 2. The Morgan fingerprint density at radius 1 is 0.826 bits per heavy atom. The number of aromatic nitrogens is 1. The van der Waals surface area contributed by atoms with Crippen LogP contribution < -0.4 is 10.6 Å². The molecule has 4 nitrogen and oxygen atoms in total. The highest BCUT2D eigenvalue weighted by Gasteiger charge is 2.04. The molecule has 0 saturated carbocycles. The molecule has 2 N–H and O–H groups in total. The molecule has 0 saturated heterocycles. The van der Waals surface area contributed by atoms with E-state index in [9.17, 15) is 4.79 Å². The predicted molar refractivity (Wildman–Crippen MR) is 94.3 cm³/mol. The fourth-order valence-corrected chi connectivity index (χ4v) is 2.34. The first-order valence-electron chi connectivity index (χ1n) is 7.50. The standard InChI is InChI=1S/C19H19N3O/c1-14-5-6-17(13-15(14)2)21-19(23)20-16-7-9-18(10-8-16)22-11-3-4-12-22/h3-13H,1-2H3,(H2,20,21,23). The second-order valence-electron chi connectivity index (χ2n) is 5.52. The van der Waals surface area contributed by atoms with Crippen molar-refractivity contribution < 1.29 is 4.79 Å². The zero-order valence-electron chi connectivity index (χ0n) is 13.2. The van der Waals surface area contributed by atoms with E-state index in [1.54, 1.807) is 0 Å². The van der Waals surface area contributed by atoms with E-state index >= 15 is 0 Å². The highest BCUT2D eigenvalue weighted by Crippen LogP contribution is 2.16. The molecule has 23 heavy (non-hydrogen) atoms. The van der Waals surface area contributed by atoms with Crippen molar-refractivity contribution >= 4 is 17.4 Å². The molecule has 1 aromatic heterocycles. The van der Waals surface area contributed by atoms with Gasteiger partial charge >= 0.3 is 6.03 Å². The summed E-state index contributed by atoms with van der Waals surface area (Å²) in [4.78, 5) is 12.1. The van der Waals surface area contributed by atoms with E-state index in [1.807, 2.05) is 85.4 Å². The first kappa shape index (κ1) is 14.9. The maximum Gasteiger partial charge on any atom is 0.323 e. The summed E-state index contributed by atoms with van der Waals surface area (Å²) in [5, 5.41) is 5.68. The van der Waals surface area contributed by atoms with Gasteiger partial charge in [0.05, 0.1) is 0 Å². The summed E-state index contributed by atoms with van der Waals surface area (Å²) in [6.07, 6.45) is 3.96. The monoisotopic (exact) mass is 305 g/mol. The highest BCUT2D eigenvalue weighted by atomic mass is 16.2. The average Bonchev–Trinajstić information content (AvgIpc) is 3.06. The van der Waals surface area contributed by atoms with Crippen LogP contribution in [0.25, 0.3) is 5.69 Å². The van der Waals surface area contributed by atoms with E-state index < -0.39 is 0 Å². The molecule has 116 valence electrons. The lowest BCUT2D eigenvalue weighted by atomic mass is 10.1. The fraction of sp³-hybridized carbons (Fsp3) is 0.105. The highest BCUT2D eigenvalue weighted by molar-refractivity contribution is 5.99. The molecular formula is C19H19N3O. The predicted octanol–water partition coefficient (Wildman–Crippen LogP) is 4.74. The fourth-order valence-electron chi connectivity index (χ4n) is 2.34. The molecule has 1 heterocycles. The van der Waals surface area contributed by atoms with Crippen molar-refractivity contribution in [1.29, 1.82) is 0 Å². The first-order chi connectivity index (χ1) is 11.1. The second-order valence-corrected chi connectivity index (χ2v) is 5.52. The van der Waals surface area contributed by atoms with Gasteiger partial charge in [0, 0.05) is 29.5 Å². The number of rotatable bonds is 3. The largest absolute Gasteiger partial charge is 0.324 e. The van der Waals surface area contributed by atoms with Crippen LogP contribution in [0, 0.1) is 13.8 Å². The number of hydrogen-bond donors (Lipinski definition) is 2. The van der Waals surface area contributed by atoms with Gasteiger partial charge in [0.2, 0.25) is 0 Å². The lowest BCUT2D eigenvalue weighted by molar-refractivity contribution is 0.262. The van der Waals surface area contributed by atoms with Crippen LogP contribution in [-0.2, 0) is 0 Å². The Morgan fingerprint density at radius 2 is 1.43 bits per heavy atom. The van der Waals surface area contributed by atoms with Crippen molar-refractivity contribution in [3.63, 3.8) is 0 Å². The van der Waals surface area contributed by atoms with Crippen LogP contribution in [-0.4, -0.2) is 10.6 Å². The molecule has 0 unspecified atom stereocenters. The maximum atomic E-state index is 12.1. The average molecular weight is 305 g/mol. The van der Waals surface area contributed by atoms with Crippen molar-refractivity contribution in [1.82, 2.24) is 4.57 Å². The van der Waals surface area contributed by atoms with E-state index in [0.717, 1.165) is 22.6 Å². The minimum absolute atomic E-state index is 0.248. The van der Waals surface area contributed by atoms with E-state index in [-0.39, 0.29) is 6.03 Å². The van der Waals surface area contributed by atoms with Crippen molar-refractivity contribution in [2.24, 2.45) is 0 Å². The topological polar surface area (TPSA) is 46.1 Å². The minimum atomic E-state index is -0.248. The Balaban J connectivity index is 1.64. The Kier molecular flexibility index (Phi) is 4.15. The van der Waals surface area contributed by atoms with Gasteiger partial charge in [0.1, 0.15) is 0 Å². The quantitative estimate of drug-likeness (QED) is 0.721. The number of aryl methyl sites for hydroxylation is 2. The van der Waals surface area contributed by atoms with E-state index in [1.165, 1.54) is 5.56 Å². The summed E-state index contributed by atoms with van der Waals surface area (Å²) in [6, 6.07) is 17.3. The van der Waals surface area contributed by atoms with Crippen molar-refractivity contribution in [3.8, 4) is 5.69 Å². The molecule has 0 atom stereocenters. The molecule has 0 aliphatic heterocycles. The van der Waals surface area contributed by atoms with Crippen LogP contribution in [0.3, 0.4) is 0 Å². The molecule has 0 radical (unpaired) electrons. The van der Waals surface area contributed by atoms with Gasteiger partial charge in [0.25, 0.3) is 0 Å². The van der Waals surface area contributed by atoms with Crippen LogP contribution in [0.4, 0.5) is 16.2 Å². The summed E-state index contributed by atoms with van der Waals surface area (Å²) in [5.41, 5.74) is 4.95. The number of amides is 2. The Morgan fingerprint density at radius 3 is 2.09 bits per heavy atom. The molecule has 3 rings (SSSR count). The molecule has 0 bridgehead atoms. The Bertz CT molecular complexity index is 805. The number of anilines is 2. The summed E-state index contributed by atoms with van der Waals surface area (Å²) in [5.74, 6) is 0. The van der Waals surface area contributed by atoms with Gasteiger partial charge in [-0.3, -0.25) is 0 Å². The number of urea groups is 1. The third-order valence-electron chi connectivity index (χ3n) is 3.79. The Labute approximate surface area is 135 Å². The van der Waals surface area contributed by atoms with Gasteiger partial charge < -0.3 is 15.2 Å². The van der Waals surface area contributed by atoms with Crippen LogP contribution in [0.2, 0.25) is 0 Å². The molecule has 2 amide bonds. The normalized spacial score (nSPS) is 10.3. The van der Waals surface area contributed by atoms with E-state index in [4.69, 9.17) is 0 Å². The Hall–Kier alpha value is -3.01. The summed E-state index contributed by atoms with van der Waals surface area (Å²) in [6.45, 7) is 4.07. The number of hydrogen-bond acceptors (Lipinski definition) is 1. The maximum absolute atomic E-state index is 12.1. The lowest BCUT2D eigenvalue weighted by Crippen LogP contribution is -2.19. The van der Waals surface area contributed by atoms with Crippen molar-refractivity contribution in [2.45, 2.75) is 13.8 Å². The molecule has 2 aromatic carbocycles. The number of carbonyl (C=O) groups is 1. The van der Waals surface area contributed by atoms with Crippen molar-refractivity contribution in [2.75, 3.05) is 10.6 Å². The molecule has 4 heteroatoms. The smallest absolute Gasteiger partial charge is 0.323 e. The minimum Gasteiger partial charge on any atom is -0.324 e. The summed E-state index contributed by atoms with van der Waals surface area (Å²) < 4.78 is 2.01. The molecule has 0 fully saturated rings. The zero-order valence-corrected chi connectivity index (χ0v) is 13.2. The molecule has 0 aliphatic carbocycles. The summed E-state index contributed by atoms with van der Waals surface area (Å²) >= 11 is 0. The molecule has 3 aromatic rings. The molecule has 0 spiro atoms. The molecule has 0 aliphatic rings. The number of carbonyl (C=O) groups excluding carboxylic acids is 1. The first-order valence-corrected chi connectivity index (χ1v) is 7.50. The van der Waals surface area contributed by atoms with Gasteiger partial charge in [-0.2, -0.15) is 0 Å². The van der Waals surface area contributed by atoms with Crippen LogP contribution in [0.1, 0.15) is 11.1 Å². The molecular weight excluding hydrogens is 286 g/mol. The number of benzene rings is 2. The third-order valence-corrected chi connectivity index (χ3v) is 3.79. The third kappa shape index (κ3) is 3.61. The van der Waals surface area contributed by atoms with Crippen LogP contribution >= 0.6 is 0 Å². The van der Waals surface area contributed by atoms with Crippen LogP contribution in [0.5, 0.6) is 0 Å².